The van der Waals surface area contributed by atoms with E-state index in [9.17, 15) is 0 Å². The van der Waals surface area contributed by atoms with Crippen LogP contribution in [0.25, 0.3) is 0 Å². The summed E-state index contributed by atoms with van der Waals surface area (Å²) in [6.45, 7) is 3.98. The van der Waals surface area contributed by atoms with E-state index >= 15 is 0 Å². The summed E-state index contributed by atoms with van der Waals surface area (Å²) in [5.41, 5.74) is 0. The fourth-order valence-electron chi connectivity index (χ4n) is 1.88. The molecule has 1 heterocycles. The van der Waals surface area contributed by atoms with Crippen molar-refractivity contribution in [2.24, 2.45) is 0 Å². The molecule has 0 atom stereocenters. The maximum absolute atomic E-state index is 6.17. The van der Waals surface area contributed by atoms with E-state index in [0.717, 1.165) is 19.6 Å². The standard InChI is InChI=1S/C16H33N3O4Si/c1-17(2)9-13-21-24(16-8-7-12-20-16,22-14-10-18(3)4)23-15-11-19(5)6/h7-8,12H,9-11,13-15H2,1-6H3. The lowest BCUT2D eigenvalue weighted by Gasteiger charge is -2.29. The monoisotopic (exact) mass is 359 g/mol. The largest absolute Gasteiger partial charge is 0.574 e. The van der Waals surface area contributed by atoms with Crippen molar-refractivity contribution in [1.82, 2.24) is 14.7 Å². The van der Waals surface area contributed by atoms with E-state index in [0.29, 0.717) is 25.2 Å². The highest BCUT2D eigenvalue weighted by molar-refractivity contribution is 6.74. The highest BCUT2D eigenvalue weighted by atomic mass is 28.4. The lowest BCUT2D eigenvalue weighted by atomic mass is 10.6. The molecule has 0 aliphatic rings. The molecule has 0 radical (unpaired) electrons. The van der Waals surface area contributed by atoms with Gasteiger partial charge in [0.05, 0.1) is 26.1 Å². The van der Waals surface area contributed by atoms with Gasteiger partial charge in [0.15, 0.2) is 5.38 Å². The predicted octanol–water partition coefficient (Wildman–Crippen LogP) is 0.160. The first-order valence-electron chi connectivity index (χ1n) is 8.26. The Morgan fingerprint density at radius 3 is 1.50 bits per heavy atom. The van der Waals surface area contributed by atoms with Gasteiger partial charge in [-0.1, -0.05) is 0 Å². The molecule has 0 aliphatic heterocycles. The summed E-state index contributed by atoms with van der Waals surface area (Å²) in [5.74, 6) is 0. The van der Waals surface area contributed by atoms with Crippen LogP contribution in [0.15, 0.2) is 22.8 Å². The first-order valence-corrected chi connectivity index (χ1v) is 9.98. The van der Waals surface area contributed by atoms with Crippen LogP contribution in [0.5, 0.6) is 0 Å². The highest BCUT2D eigenvalue weighted by Gasteiger charge is 2.47. The van der Waals surface area contributed by atoms with E-state index in [2.05, 4.69) is 14.7 Å². The van der Waals surface area contributed by atoms with Gasteiger partial charge in [-0.3, -0.25) is 0 Å². The van der Waals surface area contributed by atoms with Crippen LogP contribution in [-0.4, -0.2) is 105 Å². The Balaban J connectivity index is 2.83. The van der Waals surface area contributed by atoms with Crippen molar-refractivity contribution in [3.8, 4) is 0 Å². The van der Waals surface area contributed by atoms with Gasteiger partial charge in [-0.15, -0.1) is 0 Å². The summed E-state index contributed by atoms with van der Waals surface area (Å²) < 4.78 is 24.1. The first kappa shape index (κ1) is 21.3. The third-order valence-corrected chi connectivity index (χ3v) is 5.96. The maximum atomic E-state index is 6.17. The number of nitrogens with zero attached hydrogens (tertiary/aromatic N) is 3. The molecule has 24 heavy (non-hydrogen) atoms. The summed E-state index contributed by atoms with van der Waals surface area (Å²) in [5, 5.41) is 0.666. The van der Waals surface area contributed by atoms with E-state index in [1.165, 1.54) is 0 Å². The van der Waals surface area contributed by atoms with Gasteiger partial charge in [0.25, 0.3) is 0 Å². The fourth-order valence-corrected chi connectivity index (χ4v) is 4.15. The minimum atomic E-state index is -3.07. The van der Waals surface area contributed by atoms with Crippen LogP contribution in [0, 0.1) is 0 Å². The normalized spacial score (nSPS) is 12.7. The van der Waals surface area contributed by atoms with Crippen molar-refractivity contribution in [2.45, 2.75) is 0 Å². The van der Waals surface area contributed by atoms with Gasteiger partial charge >= 0.3 is 8.80 Å². The van der Waals surface area contributed by atoms with E-state index in [1.54, 1.807) is 6.26 Å². The number of likely N-dealkylation sites (N-methyl/N-ethyl adjacent to an activating group) is 3. The predicted molar refractivity (Wildman–Crippen MR) is 97.6 cm³/mol. The van der Waals surface area contributed by atoms with Gasteiger partial charge in [-0.2, -0.15) is 0 Å². The zero-order valence-corrected chi connectivity index (χ0v) is 16.9. The maximum Gasteiger partial charge on any atom is 0.574 e. The number of hydrogen-bond acceptors (Lipinski definition) is 7. The molecular formula is C16H33N3O4Si. The average Bonchev–Trinajstić information content (AvgIpc) is 3.00. The van der Waals surface area contributed by atoms with Crippen LogP contribution in [0.3, 0.4) is 0 Å². The van der Waals surface area contributed by atoms with Crippen molar-refractivity contribution in [2.75, 3.05) is 81.7 Å². The second-order valence-corrected chi connectivity index (χ2v) is 8.96. The molecule has 0 amide bonds. The fraction of sp³-hybridized carbons (Fsp3) is 0.750. The minimum absolute atomic E-state index is 0.532. The van der Waals surface area contributed by atoms with Crippen LogP contribution in [0.2, 0.25) is 0 Å². The van der Waals surface area contributed by atoms with Gasteiger partial charge in [0.2, 0.25) is 0 Å². The van der Waals surface area contributed by atoms with E-state index in [4.69, 9.17) is 17.7 Å². The SMILES string of the molecule is CN(C)CCO[Si](OCCN(C)C)(OCCN(C)C)c1ccco1. The molecule has 7 nitrogen and oxygen atoms in total. The van der Waals surface area contributed by atoms with Gasteiger partial charge < -0.3 is 32.4 Å². The molecule has 1 aromatic rings. The Morgan fingerprint density at radius 1 is 0.792 bits per heavy atom. The number of rotatable bonds is 13. The molecule has 0 spiro atoms. The Kier molecular flexibility index (Phi) is 9.75. The summed E-state index contributed by atoms with van der Waals surface area (Å²) in [6, 6.07) is 3.73. The van der Waals surface area contributed by atoms with Crippen molar-refractivity contribution >= 4 is 14.2 Å². The Bertz CT molecular complexity index is 391. The van der Waals surface area contributed by atoms with Crippen molar-refractivity contribution in [3.05, 3.63) is 18.4 Å². The smallest absolute Gasteiger partial charge is 0.466 e. The zero-order valence-electron chi connectivity index (χ0n) is 15.9. The van der Waals surface area contributed by atoms with Crippen LogP contribution >= 0.6 is 0 Å². The average molecular weight is 360 g/mol. The third-order valence-electron chi connectivity index (χ3n) is 3.31. The molecule has 0 saturated heterocycles. The van der Waals surface area contributed by atoms with Crippen molar-refractivity contribution < 1.29 is 17.7 Å². The van der Waals surface area contributed by atoms with Crippen molar-refractivity contribution in [1.29, 1.82) is 0 Å². The van der Waals surface area contributed by atoms with Crippen molar-refractivity contribution in [3.63, 3.8) is 0 Å². The molecule has 0 bridgehead atoms. The Hall–Kier alpha value is -0.743. The Labute approximate surface area is 147 Å². The quantitative estimate of drug-likeness (QED) is 0.465. The third kappa shape index (κ3) is 7.89. The molecule has 0 aliphatic carbocycles. The molecule has 1 rings (SSSR count). The Morgan fingerprint density at radius 2 is 1.21 bits per heavy atom. The van der Waals surface area contributed by atoms with Gasteiger partial charge in [0.1, 0.15) is 0 Å². The van der Waals surface area contributed by atoms with Crippen LogP contribution in [0.1, 0.15) is 0 Å². The first-order chi connectivity index (χ1) is 11.4. The molecule has 0 fully saturated rings. The molecule has 140 valence electrons. The molecular weight excluding hydrogens is 326 g/mol. The van der Waals surface area contributed by atoms with Gasteiger partial charge in [-0.25, -0.2) is 0 Å². The second-order valence-electron chi connectivity index (χ2n) is 6.49. The molecule has 0 saturated carbocycles. The molecule has 1 aromatic heterocycles. The molecule has 0 unspecified atom stereocenters. The van der Waals surface area contributed by atoms with Crippen LogP contribution in [0.4, 0.5) is 0 Å². The summed E-state index contributed by atoms with van der Waals surface area (Å²) >= 11 is 0. The summed E-state index contributed by atoms with van der Waals surface area (Å²) in [7, 11) is 9.01. The lowest BCUT2D eigenvalue weighted by molar-refractivity contribution is 0.0560. The van der Waals surface area contributed by atoms with Crippen LogP contribution < -0.4 is 5.38 Å². The van der Waals surface area contributed by atoms with E-state index < -0.39 is 8.80 Å². The van der Waals surface area contributed by atoms with E-state index in [1.807, 2.05) is 54.4 Å². The lowest BCUT2D eigenvalue weighted by Crippen LogP contribution is -2.58. The number of hydrogen-bond donors (Lipinski definition) is 0. The van der Waals surface area contributed by atoms with Crippen LogP contribution in [-0.2, 0) is 13.3 Å². The van der Waals surface area contributed by atoms with E-state index in [-0.39, 0.29) is 0 Å². The molecule has 0 N–H and O–H groups in total. The highest BCUT2D eigenvalue weighted by Crippen LogP contribution is 2.12. The summed E-state index contributed by atoms with van der Waals surface area (Å²) in [6.07, 6.45) is 1.64. The zero-order chi connectivity index (χ0) is 18.0. The number of furan rings is 1. The molecule has 0 aromatic carbocycles. The topological polar surface area (TPSA) is 50.6 Å². The molecule has 8 heteroatoms. The minimum Gasteiger partial charge on any atom is -0.466 e. The van der Waals surface area contributed by atoms with Gasteiger partial charge in [-0.05, 0) is 54.4 Å². The van der Waals surface area contributed by atoms with Gasteiger partial charge in [0, 0.05) is 19.6 Å². The second kappa shape index (κ2) is 11.0. The summed E-state index contributed by atoms with van der Waals surface area (Å²) in [4.78, 5) is 6.21.